The lowest BCUT2D eigenvalue weighted by Gasteiger charge is -2.21. The van der Waals surface area contributed by atoms with Gasteiger partial charge in [-0.2, -0.15) is 13.2 Å². The first-order valence-corrected chi connectivity index (χ1v) is 8.77. The summed E-state index contributed by atoms with van der Waals surface area (Å²) in [6.45, 7) is 2.69. The Bertz CT molecular complexity index is 1110. The molecule has 0 bridgehead atoms. The van der Waals surface area contributed by atoms with Crippen LogP contribution in [0, 0.1) is 0 Å². The van der Waals surface area contributed by atoms with E-state index in [0.717, 1.165) is 18.3 Å². The van der Waals surface area contributed by atoms with Crippen LogP contribution in [0.4, 0.5) is 13.2 Å². The molecule has 2 N–H and O–H groups in total. The van der Waals surface area contributed by atoms with Crippen molar-refractivity contribution in [2.24, 2.45) is 0 Å². The molecule has 2 aromatic rings. The second-order valence-corrected chi connectivity index (χ2v) is 6.08. The van der Waals surface area contributed by atoms with Gasteiger partial charge in [0.25, 0.3) is 5.56 Å². The van der Waals surface area contributed by atoms with Crippen molar-refractivity contribution in [2.75, 3.05) is 6.54 Å². The number of aromatic nitrogens is 2. The molecule has 1 aliphatic heterocycles. The minimum absolute atomic E-state index is 0.0773. The second-order valence-electron chi connectivity index (χ2n) is 6.08. The molecule has 29 heavy (non-hydrogen) atoms. The van der Waals surface area contributed by atoms with E-state index in [9.17, 15) is 23.1 Å². The van der Waals surface area contributed by atoms with Gasteiger partial charge in [-0.1, -0.05) is 18.2 Å². The minimum Gasteiger partial charge on any atom is -0.506 e. The van der Waals surface area contributed by atoms with Gasteiger partial charge in [0.15, 0.2) is 0 Å². The van der Waals surface area contributed by atoms with Gasteiger partial charge in [0.2, 0.25) is 0 Å². The molecule has 0 saturated carbocycles. The molecular weight excluding hydrogens is 383 g/mol. The average Bonchev–Trinajstić information content (AvgIpc) is 3.02. The molecule has 0 saturated heterocycles. The fraction of sp³-hybridized carbons (Fsp3) is 0.143. The summed E-state index contributed by atoms with van der Waals surface area (Å²) >= 11 is 0. The zero-order valence-corrected chi connectivity index (χ0v) is 15.4. The van der Waals surface area contributed by atoms with E-state index in [0.29, 0.717) is 4.68 Å². The summed E-state index contributed by atoms with van der Waals surface area (Å²) in [5.74, 6) is -0.322. The van der Waals surface area contributed by atoms with Gasteiger partial charge in [0.1, 0.15) is 17.1 Å². The molecule has 0 unspecified atom stereocenters. The molecule has 0 radical (unpaired) electrons. The van der Waals surface area contributed by atoms with E-state index in [1.54, 1.807) is 6.08 Å². The Morgan fingerprint density at radius 3 is 2.69 bits per heavy atom. The Balaban J connectivity index is 2.04. The number of aromatic amines is 1. The Morgan fingerprint density at radius 1 is 1.24 bits per heavy atom. The maximum absolute atomic E-state index is 13.4. The lowest BCUT2D eigenvalue weighted by Crippen LogP contribution is -2.16. The first-order chi connectivity index (χ1) is 13.8. The summed E-state index contributed by atoms with van der Waals surface area (Å²) in [5.41, 5.74) is 0.632. The van der Waals surface area contributed by atoms with Crippen molar-refractivity contribution in [3.63, 3.8) is 0 Å². The minimum atomic E-state index is -4.78. The normalized spacial score (nSPS) is 14.9. The van der Waals surface area contributed by atoms with Crippen LogP contribution in [0.15, 0.2) is 77.1 Å². The number of alkyl halides is 3. The molecule has 5 nitrogen and oxygen atoms in total. The third kappa shape index (κ3) is 4.28. The third-order valence-electron chi connectivity index (χ3n) is 4.23. The summed E-state index contributed by atoms with van der Waals surface area (Å²) in [6, 6.07) is 5.62. The van der Waals surface area contributed by atoms with E-state index in [2.05, 4.69) is 5.73 Å². The SMILES string of the molecule is CCN1C=CC=CC1=CC=C=Cc1c(C(F)(F)F)[nH]n(-c2ccccc2O)c1=O. The molecule has 150 valence electrons. The van der Waals surface area contributed by atoms with Gasteiger partial charge in [-0.15, -0.1) is 5.73 Å². The molecule has 0 spiro atoms. The summed E-state index contributed by atoms with van der Waals surface area (Å²) in [6.07, 6.45) is 6.77. The maximum Gasteiger partial charge on any atom is 0.433 e. The molecule has 1 aromatic carbocycles. The highest BCUT2D eigenvalue weighted by atomic mass is 19.4. The first-order valence-electron chi connectivity index (χ1n) is 8.77. The molecule has 1 aliphatic rings. The van der Waals surface area contributed by atoms with Gasteiger partial charge in [-0.3, -0.25) is 9.89 Å². The number of rotatable bonds is 4. The molecule has 0 fully saturated rings. The van der Waals surface area contributed by atoms with Crippen LogP contribution >= 0.6 is 0 Å². The monoisotopic (exact) mass is 401 g/mol. The number of nitrogens with zero attached hydrogens (tertiary/aromatic N) is 2. The topological polar surface area (TPSA) is 61.3 Å². The number of benzene rings is 1. The Morgan fingerprint density at radius 2 is 2.00 bits per heavy atom. The maximum atomic E-state index is 13.4. The van der Waals surface area contributed by atoms with Gasteiger partial charge in [0, 0.05) is 18.4 Å². The lowest BCUT2D eigenvalue weighted by atomic mass is 10.2. The van der Waals surface area contributed by atoms with Gasteiger partial charge in [-0.25, -0.2) is 4.68 Å². The standard InChI is InChI=1S/C21H18F3N3O2/c1-2-26-14-8-7-10-15(26)9-3-4-11-16-19(21(22,23)24)25-27(20(16)29)17-12-5-6-13-18(17)28/h3,5-14,25,28H,2H2,1H3. The molecule has 0 atom stereocenters. The quantitative estimate of drug-likeness (QED) is 0.749. The number of H-pyrrole nitrogens is 1. The third-order valence-corrected chi connectivity index (χ3v) is 4.23. The van der Waals surface area contributed by atoms with Crippen molar-refractivity contribution >= 4 is 6.08 Å². The number of nitrogens with one attached hydrogen (secondary N) is 1. The van der Waals surface area contributed by atoms with Crippen LogP contribution in [0.2, 0.25) is 0 Å². The van der Waals surface area contributed by atoms with E-state index in [1.165, 1.54) is 30.3 Å². The Labute approximate surface area is 164 Å². The summed E-state index contributed by atoms with van der Waals surface area (Å²) < 4.78 is 40.9. The van der Waals surface area contributed by atoms with Gasteiger partial charge >= 0.3 is 6.18 Å². The smallest absolute Gasteiger partial charge is 0.433 e. The fourth-order valence-corrected chi connectivity index (χ4v) is 2.82. The molecule has 0 aliphatic carbocycles. The molecule has 0 amide bonds. The second kappa shape index (κ2) is 8.16. The molecule has 8 heteroatoms. The predicted molar refractivity (Wildman–Crippen MR) is 104 cm³/mol. The Hall–Kier alpha value is -3.64. The summed E-state index contributed by atoms with van der Waals surface area (Å²) in [4.78, 5) is 14.5. The van der Waals surface area contributed by atoms with Gasteiger partial charge in [-0.05, 0) is 49.4 Å². The van der Waals surface area contributed by atoms with Crippen LogP contribution in [0.5, 0.6) is 5.75 Å². The Kier molecular flexibility index (Phi) is 5.66. The van der Waals surface area contributed by atoms with Crippen molar-refractivity contribution in [3.8, 4) is 11.4 Å². The van der Waals surface area contributed by atoms with Crippen LogP contribution in [-0.2, 0) is 6.18 Å². The highest BCUT2D eigenvalue weighted by molar-refractivity contribution is 5.54. The molecule has 1 aromatic heterocycles. The van der Waals surface area contributed by atoms with E-state index in [1.807, 2.05) is 41.4 Å². The van der Waals surface area contributed by atoms with Crippen LogP contribution in [0.3, 0.4) is 0 Å². The number of likely N-dealkylation sites (N-methyl/N-ethyl adjacent to an activating group) is 1. The van der Waals surface area contributed by atoms with Crippen LogP contribution in [-0.4, -0.2) is 26.3 Å². The van der Waals surface area contributed by atoms with E-state index < -0.39 is 23.0 Å². The number of allylic oxidation sites excluding steroid dienone is 5. The highest BCUT2D eigenvalue weighted by Crippen LogP contribution is 2.31. The van der Waals surface area contributed by atoms with Crippen molar-refractivity contribution in [1.82, 2.24) is 14.7 Å². The zero-order valence-electron chi connectivity index (χ0n) is 15.4. The number of hydrogen-bond donors (Lipinski definition) is 2. The van der Waals surface area contributed by atoms with Crippen molar-refractivity contribution in [3.05, 3.63) is 93.9 Å². The summed E-state index contributed by atoms with van der Waals surface area (Å²) in [5, 5.41) is 11.9. The predicted octanol–water partition coefficient (Wildman–Crippen LogP) is 4.35. The number of aromatic hydroxyl groups is 1. The number of phenols is 1. The lowest BCUT2D eigenvalue weighted by molar-refractivity contribution is -0.141. The largest absolute Gasteiger partial charge is 0.506 e. The zero-order chi connectivity index (χ0) is 21.0. The average molecular weight is 401 g/mol. The fourth-order valence-electron chi connectivity index (χ4n) is 2.82. The summed E-state index contributed by atoms with van der Waals surface area (Å²) in [7, 11) is 0. The van der Waals surface area contributed by atoms with Crippen molar-refractivity contribution in [1.29, 1.82) is 0 Å². The van der Waals surface area contributed by atoms with E-state index in [4.69, 9.17) is 0 Å². The number of hydrogen-bond acceptors (Lipinski definition) is 3. The van der Waals surface area contributed by atoms with Crippen molar-refractivity contribution in [2.45, 2.75) is 13.1 Å². The first kappa shape index (κ1) is 20.1. The molecule has 3 rings (SSSR count). The van der Waals surface area contributed by atoms with E-state index >= 15 is 0 Å². The van der Waals surface area contributed by atoms with Crippen LogP contribution in [0.1, 0.15) is 18.2 Å². The van der Waals surface area contributed by atoms with Gasteiger partial charge < -0.3 is 10.0 Å². The van der Waals surface area contributed by atoms with Crippen molar-refractivity contribution < 1.29 is 18.3 Å². The number of para-hydroxylation sites is 2. The van der Waals surface area contributed by atoms with Crippen LogP contribution < -0.4 is 5.56 Å². The van der Waals surface area contributed by atoms with E-state index in [-0.39, 0.29) is 11.4 Å². The molecular formula is C21H18F3N3O2. The molecule has 2 heterocycles. The highest BCUT2D eigenvalue weighted by Gasteiger charge is 2.37. The van der Waals surface area contributed by atoms with Gasteiger partial charge in [0.05, 0.1) is 5.56 Å². The number of halogens is 3. The van der Waals surface area contributed by atoms with Crippen LogP contribution in [0.25, 0.3) is 11.8 Å². The number of phenolic OH excluding ortho intramolecular Hbond substituents is 1.